The highest BCUT2D eigenvalue weighted by Gasteiger charge is 2.01. The third-order valence-electron chi connectivity index (χ3n) is 4.41. The van der Waals surface area contributed by atoms with Crippen LogP contribution in [0.1, 0.15) is 12.0 Å². The lowest BCUT2D eigenvalue weighted by atomic mass is 10.4. The van der Waals surface area contributed by atoms with Crippen LogP contribution in [0.25, 0.3) is 10.4 Å². The standard InChI is InChI=1S/C21H42N6O7SSi2/c22-2-1-15-36-34-37-19-35-21-24-16-20(17-25-21)18-33-14-13-32-12-11-31-10-9-30-8-7-29-6-5-28-4-3-26-27-23/h16-17H,1-15,18-19,22,36-37H2. The Morgan fingerprint density at radius 1 is 0.811 bits per heavy atom. The highest BCUT2D eigenvalue weighted by molar-refractivity contribution is 8.00. The molecule has 1 rings (SSSR count). The first-order valence-corrected chi connectivity index (χ1v) is 16.7. The summed E-state index contributed by atoms with van der Waals surface area (Å²) in [6.07, 6.45) is 4.70. The molecule has 0 unspecified atom stereocenters. The Morgan fingerprint density at radius 2 is 1.35 bits per heavy atom. The first-order valence-electron chi connectivity index (χ1n) is 12.6. The first kappa shape index (κ1) is 33.9. The molecule has 0 spiro atoms. The SMILES string of the molecule is [N-]=[N+]=NCCOCCOCCOCCOCCOCCOCc1cnc(SC[SiH2]O[SiH2]CCCN)nc1. The molecule has 0 amide bonds. The zero-order valence-electron chi connectivity index (χ0n) is 21.7. The molecule has 0 aromatic carbocycles. The summed E-state index contributed by atoms with van der Waals surface area (Å²) in [4.78, 5) is 11.4. The van der Waals surface area contributed by atoms with Gasteiger partial charge in [-0.15, -0.1) is 0 Å². The van der Waals surface area contributed by atoms with Gasteiger partial charge in [0.25, 0.3) is 0 Å². The Kier molecular flexibility index (Phi) is 25.5. The van der Waals surface area contributed by atoms with Gasteiger partial charge in [0.2, 0.25) is 0 Å². The van der Waals surface area contributed by atoms with Gasteiger partial charge in [0.15, 0.2) is 14.9 Å². The van der Waals surface area contributed by atoms with Crippen molar-refractivity contribution < 1.29 is 32.5 Å². The average Bonchev–Trinajstić information content (AvgIpc) is 2.92. The molecule has 0 fully saturated rings. The minimum atomic E-state index is -0.476. The largest absolute Gasteiger partial charge is 0.464 e. The van der Waals surface area contributed by atoms with Crippen molar-refractivity contribution in [3.8, 4) is 0 Å². The predicted molar refractivity (Wildman–Crippen MR) is 147 cm³/mol. The molecule has 16 heteroatoms. The molecule has 13 nitrogen and oxygen atoms in total. The molecular formula is C21H42N6O7SSi2. The number of hydrogen-bond donors (Lipinski definition) is 1. The lowest BCUT2D eigenvalue weighted by molar-refractivity contribution is -0.0174. The number of nitrogens with zero attached hydrogens (tertiary/aromatic N) is 5. The molecule has 0 saturated carbocycles. The zero-order chi connectivity index (χ0) is 26.5. The fourth-order valence-corrected chi connectivity index (χ4v) is 7.55. The van der Waals surface area contributed by atoms with Crippen molar-refractivity contribution in [2.45, 2.75) is 24.2 Å². The lowest BCUT2D eigenvalue weighted by Crippen LogP contribution is -2.14. The van der Waals surface area contributed by atoms with Crippen LogP contribution in [-0.2, 0) is 39.1 Å². The molecule has 0 aliphatic rings. The molecule has 2 N–H and O–H groups in total. The quantitative estimate of drug-likeness (QED) is 0.0278. The van der Waals surface area contributed by atoms with Crippen LogP contribution < -0.4 is 5.73 Å². The van der Waals surface area contributed by atoms with Gasteiger partial charge in [-0.3, -0.25) is 0 Å². The summed E-state index contributed by atoms with van der Waals surface area (Å²) in [7, 11) is -0.838. The topological polar surface area (TPSA) is 165 Å². The molecule has 37 heavy (non-hydrogen) atoms. The van der Waals surface area contributed by atoms with Crippen LogP contribution in [0.5, 0.6) is 0 Å². The van der Waals surface area contributed by atoms with Crippen LogP contribution in [-0.4, -0.2) is 121 Å². The number of aromatic nitrogens is 2. The van der Waals surface area contributed by atoms with Gasteiger partial charge in [0, 0.05) is 34.8 Å². The Bertz CT molecular complexity index is 681. The molecular weight excluding hydrogens is 537 g/mol. The van der Waals surface area contributed by atoms with Crippen molar-refractivity contribution >= 4 is 31.3 Å². The van der Waals surface area contributed by atoms with E-state index in [2.05, 4.69) is 20.0 Å². The molecule has 0 bridgehead atoms. The molecule has 1 aromatic rings. The van der Waals surface area contributed by atoms with Crippen molar-refractivity contribution in [3.05, 3.63) is 28.4 Å². The summed E-state index contributed by atoms with van der Waals surface area (Å²) in [5.41, 5.74) is 14.6. The monoisotopic (exact) mass is 578 g/mol. The lowest BCUT2D eigenvalue weighted by Gasteiger charge is -2.08. The summed E-state index contributed by atoms with van der Waals surface area (Å²) >= 11 is 1.66. The molecule has 1 heterocycles. The minimum absolute atomic E-state index is 0.332. The number of thioether (sulfide) groups is 1. The molecule has 0 atom stereocenters. The molecule has 1 aromatic heterocycles. The molecule has 0 radical (unpaired) electrons. The number of nitrogens with two attached hydrogens (primary N) is 1. The van der Waals surface area contributed by atoms with Gasteiger partial charge >= 0.3 is 0 Å². The maximum absolute atomic E-state index is 8.12. The van der Waals surface area contributed by atoms with Crippen molar-refractivity contribution in [1.82, 2.24) is 9.97 Å². The summed E-state index contributed by atoms with van der Waals surface area (Å²) < 4.78 is 38.4. The van der Waals surface area contributed by atoms with Crippen LogP contribution in [0, 0.1) is 0 Å². The van der Waals surface area contributed by atoms with E-state index >= 15 is 0 Å². The van der Waals surface area contributed by atoms with Gasteiger partial charge in [-0.2, -0.15) is 0 Å². The Labute approximate surface area is 228 Å². The fraction of sp³-hybridized carbons (Fsp3) is 0.810. The molecule has 0 aliphatic carbocycles. The highest BCUT2D eigenvalue weighted by Crippen LogP contribution is 2.11. The van der Waals surface area contributed by atoms with Gasteiger partial charge in [-0.25, -0.2) is 9.97 Å². The average molecular weight is 579 g/mol. The van der Waals surface area contributed by atoms with E-state index in [1.54, 1.807) is 11.8 Å². The van der Waals surface area contributed by atoms with Gasteiger partial charge < -0.3 is 38.3 Å². The summed E-state index contributed by atoms with van der Waals surface area (Å²) in [6.45, 7) is 6.89. The van der Waals surface area contributed by atoms with Gasteiger partial charge in [0.1, 0.15) is 9.76 Å². The number of hydrogen-bond acceptors (Lipinski definition) is 12. The van der Waals surface area contributed by atoms with Crippen molar-refractivity contribution in [2.24, 2.45) is 10.8 Å². The van der Waals surface area contributed by atoms with Crippen molar-refractivity contribution in [1.29, 1.82) is 0 Å². The van der Waals surface area contributed by atoms with E-state index in [1.807, 2.05) is 12.4 Å². The minimum Gasteiger partial charge on any atom is -0.464 e. The van der Waals surface area contributed by atoms with Gasteiger partial charge in [-0.1, -0.05) is 16.9 Å². The van der Waals surface area contributed by atoms with Crippen molar-refractivity contribution in [2.75, 3.05) is 91.1 Å². The maximum Gasteiger partial charge on any atom is 0.187 e. The smallest absolute Gasteiger partial charge is 0.187 e. The predicted octanol–water partition coefficient (Wildman–Crippen LogP) is 0.387. The van der Waals surface area contributed by atoms with E-state index in [9.17, 15) is 0 Å². The fourth-order valence-electron chi connectivity index (χ4n) is 2.57. The maximum atomic E-state index is 8.12. The summed E-state index contributed by atoms with van der Waals surface area (Å²) in [5, 5.41) is 5.15. The number of rotatable bonds is 28. The summed E-state index contributed by atoms with van der Waals surface area (Å²) in [6, 6.07) is 1.17. The second-order valence-electron chi connectivity index (χ2n) is 7.40. The Hall–Kier alpha value is -1.15. The van der Waals surface area contributed by atoms with E-state index in [0.29, 0.717) is 85.8 Å². The third kappa shape index (κ3) is 23.7. The van der Waals surface area contributed by atoms with E-state index in [0.717, 1.165) is 29.1 Å². The van der Waals surface area contributed by atoms with Crippen molar-refractivity contribution in [3.63, 3.8) is 0 Å². The molecule has 212 valence electrons. The van der Waals surface area contributed by atoms with Crippen LogP contribution in [0.3, 0.4) is 0 Å². The van der Waals surface area contributed by atoms with E-state index in [4.69, 9.17) is 43.8 Å². The number of azide groups is 1. The Balaban J connectivity index is 1.80. The molecule has 0 saturated heterocycles. The van der Waals surface area contributed by atoms with E-state index in [1.165, 1.54) is 6.04 Å². The van der Waals surface area contributed by atoms with Crippen LogP contribution >= 0.6 is 11.8 Å². The van der Waals surface area contributed by atoms with Gasteiger partial charge in [0.05, 0.1) is 79.3 Å². The Morgan fingerprint density at radius 3 is 1.89 bits per heavy atom. The van der Waals surface area contributed by atoms with Gasteiger partial charge in [-0.05, 0) is 24.5 Å². The second kappa shape index (κ2) is 27.9. The number of ether oxygens (including phenoxy) is 6. The normalized spacial score (nSPS) is 11.7. The van der Waals surface area contributed by atoms with Crippen LogP contribution in [0.4, 0.5) is 0 Å². The van der Waals surface area contributed by atoms with Crippen LogP contribution in [0.2, 0.25) is 6.04 Å². The summed E-state index contributed by atoms with van der Waals surface area (Å²) in [5.74, 6) is 0. The van der Waals surface area contributed by atoms with Crippen LogP contribution in [0.15, 0.2) is 22.7 Å². The van der Waals surface area contributed by atoms with E-state index < -0.39 is 9.76 Å². The third-order valence-corrected chi connectivity index (χ3v) is 9.46. The zero-order valence-corrected chi connectivity index (χ0v) is 25.3. The highest BCUT2D eigenvalue weighted by atomic mass is 32.2. The molecule has 0 aliphatic heterocycles. The second-order valence-corrected chi connectivity index (χ2v) is 12.8. The van der Waals surface area contributed by atoms with E-state index in [-0.39, 0.29) is 9.76 Å². The first-order chi connectivity index (χ1) is 18.4.